The molecule has 3 nitrogen and oxygen atoms in total. The van der Waals surface area contributed by atoms with E-state index >= 15 is 0 Å². The molecule has 0 atom stereocenters. The topological polar surface area (TPSA) is 14.8 Å². The Kier molecular flexibility index (Phi) is 4.06. The summed E-state index contributed by atoms with van der Waals surface area (Å²) in [5.74, 6) is 0. The van der Waals surface area contributed by atoms with Crippen molar-refractivity contribution in [3.63, 3.8) is 0 Å². The van der Waals surface area contributed by atoms with E-state index in [9.17, 15) is 0 Å². The zero-order chi connectivity index (χ0) is 29.7. The number of rotatable bonds is 1. The number of nitrogens with zero attached hydrogens (tertiary/aromatic N) is 3. The van der Waals surface area contributed by atoms with Gasteiger partial charge in [0.1, 0.15) is 0 Å². The fourth-order valence-electron chi connectivity index (χ4n) is 9.18. The molecule has 0 N–H and O–H groups in total. The Labute approximate surface area is 264 Å². The maximum absolute atomic E-state index is 2.64. The molecular formula is C42H24BN3. The molecule has 0 saturated heterocycles. The molecule has 46 heavy (non-hydrogen) atoms. The molecule has 10 aromatic rings. The molecule has 2 aliphatic heterocycles. The molecule has 0 aliphatic carbocycles. The molecule has 0 bridgehead atoms. The molecule has 0 radical (unpaired) electrons. The van der Waals surface area contributed by atoms with Crippen LogP contribution in [0.25, 0.3) is 87.9 Å². The first-order valence-corrected chi connectivity index (χ1v) is 16.1. The van der Waals surface area contributed by atoms with Crippen LogP contribution in [0.3, 0.4) is 0 Å². The fourth-order valence-corrected chi connectivity index (χ4v) is 9.18. The first-order chi connectivity index (χ1) is 22.9. The van der Waals surface area contributed by atoms with Gasteiger partial charge in [-0.15, -0.1) is 0 Å². The minimum atomic E-state index is 0.0829. The van der Waals surface area contributed by atoms with Gasteiger partial charge in [-0.05, 0) is 52.9 Å². The van der Waals surface area contributed by atoms with Gasteiger partial charge in [0.05, 0.1) is 22.1 Å². The zero-order valence-electron chi connectivity index (χ0n) is 24.8. The van der Waals surface area contributed by atoms with E-state index < -0.39 is 0 Å². The normalized spacial score (nSPS) is 13.2. The minimum Gasteiger partial charge on any atom is -0.375 e. The molecular weight excluding hydrogens is 557 g/mol. The van der Waals surface area contributed by atoms with Crippen LogP contribution in [0.5, 0.6) is 0 Å². The highest BCUT2D eigenvalue weighted by Gasteiger charge is 2.41. The number of benzene rings is 7. The third kappa shape index (κ3) is 2.54. The van der Waals surface area contributed by atoms with E-state index in [1.54, 1.807) is 0 Å². The van der Waals surface area contributed by atoms with Gasteiger partial charge in [-0.2, -0.15) is 0 Å². The monoisotopic (exact) mass is 581 g/mol. The largest absolute Gasteiger partial charge is 0.375 e. The van der Waals surface area contributed by atoms with Crippen molar-refractivity contribution in [3.8, 4) is 22.5 Å². The molecule has 4 heteroatoms. The van der Waals surface area contributed by atoms with E-state index in [1.165, 1.54) is 98.8 Å². The fraction of sp³-hybridized carbons (Fsp3) is 0. The summed E-state index contributed by atoms with van der Waals surface area (Å²) in [5.41, 5.74) is 15.6. The summed E-state index contributed by atoms with van der Waals surface area (Å²) >= 11 is 0. The summed E-state index contributed by atoms with van der Waals surface area (Å²) in [6, 6.07) is 54.1. The van der Waals surface area contributed by atoms with Crippen LogP contribution in [0.15, 0.2) is 146 Å². The van der Waals surface area contributed by atoms with Crippen LogP contribution in [0.2, 0.25) is 0 Å². The van der Waals surface area contributed by atoms with Crippen molar-refractivity contribution in [1.29, 1.82) is 0 Å². The van der Waals surface area contributed by atoms with Crippen LogP contribution in [0.4, 0.5) is 0 Å². The van der Waals surface area contributed by atoms with E-state index in [0.717, 1.165) is 0 Å². The zero-order valence-corrected chi connectivity index (χ0v) is 24.8. The summed E-state index contributed by atoms with van der Waals surface area (Å²) in [4.78, 5) is 0. The van der Waals surface area contributed by atoms with Gasteiger partial charge in [-0.3, -0.25) is 0 Å². The molecule has 0 amide bonds. The summed E-state index contributed by atoms with van der Waals surface area (Å²) < 4.78 is 7.68. The van der Waals surface area contributed by atoms with Crippen LogP contribution < -0.4 is 10.9 Å². The van der Waals surface area contributed by atoms with Gasteiger partial charge in [0, 0.05) is 60.3 Å². The second kappa shape index (κ2) is 7.98. The van der Waals surface area contributed by atoms with Crippen molar-refractivity contribution in [1.82, 2.24) is 13.6 Å². The predicted molar refractivity (Wildman–Crippen MR) is 194 cm³/mol. The lowest BCUT2D eigenvalue weighted by Gasteiger charge is -2.33. The van der Waals surface area contributed by atoms with E-state index in [0.29, 0.717) is 0 Å². The highest BCUT2D eigenvalue weighted by Crippen LogP contribution is 2.45. The van der Waals surface area contributed by atoms with Crippen molar-refractivity contribution >= 4 is 83.2 Å². The molecule has 0 saturated carbocycles. The van der Waals surface area contributed by atoms with Crippen LogP contribution >= 0.6 is 0 Å². The molecule has 3 aromatic heterocycles. The molecule has 210 valence electrons. The third-order valence-electron chi connectivity index (χ3n) is 10.8. The molecule has 7 aromatic carbocycles. The molecule has 12 rings (SSSR count). The highest BCUT2D eigenvalue weighted by molar-refractivity contribution is 6.90. The number of hydrogen-bond acceptors (Lipinski definition) is 0. The van der Waals surface area contributed by atoms with Crippen LogP contribution in [0.1, 0.15) is 0 Å². The quantitative estimate of drug-likeness (QED) is 0.172. The van der Waals surface area contributed by atoms with E-state index in [4.69, 9.17) is 0 Å². The lowest BCUT2D eigenvalue weighted by Crippen LogP contribution is -2.55. The van der Waals surface area contributed by atoms with Crippen molar-refractivity contribution in [2.45, 2.75) is 0 Å². The Bertz CT molecular complexity index is 2980. The van der Waals surface area contributed by atoms with Crippen molar-refractivity contribution in [3.05, 3.63) is 146 Å². The lowest BCUT2D eigenvalue weighted by molar-refractivity contribution is 1.17. The van der Waals surface area contributed by atoms with Gasteiger partial charge in [0.25, 0.3) is 0 Å². The van der Waals surface area contributed by atoms with Gasteiger partial charge in [0.15, 0.2) is 0 Å². The van der Waals surface area contributed by atoms with Crippen LogP contribution in [-0.2, 0) is 0 Å². The smallest absolute Gasteiger partial charge is 0.333 e. The first kappa shape index (κ1) is 23.4. The minimum absolute atomic E-state index is 0.0829. The van der Waals surface area contributed by atoms with E-state index in [-0.39, 0.29) is 6.85 Å². The second-order valence-electron chi connectivity index (χ2n) is 12.9. The molecule has 0 unspecified atom stereocenters. The average Bonchev–Trinajstić information content (AvgIpc) is 3.76. The Morgan fingerprint density at radius 2 is 1.07 bits per heavy atom. The molecule has 0 fully saturated rings. The summed E-state index contributed by atoms with van der Waals surface area (Å²) in [7, 11) is 0. The predicted octanol–water partition coefficient (Wildman–Crippen LogP) is 8.94. The van der Waals surface area contributed by atoms with Crippen molar-refractivity contribution in [2.75, 3.05) is 0 Å². The average molecular weight is 581 g/mol. The maximum atomic E-state index is 2.64. The Balaban J connectivity index is 1.32. The molecule has 5 heterocycles. The van der Waals surface area contributed by atoms with Gasteiger partial charge >= 0.3 is 6.85 Å². The first-order valence-electron chi connectivity index (χ1n) is 16.1. The van der Waals surface area contributed by atoms with Gasteiger partial charge < -0.3 is 13.6 Å². The van der Waals surface area contributed by atoms with Crippen molar-refractivity contribution in [2.24, 2.45) is 0 Å². The van der Waals surface area contributed by atoms with Gasteiger partial charge in [0.2, 0.25) is 0 Å². The Hall–Kier alpha value is -6.00. The number of aromatic nitrogens is 3. The number of para-hydroxylation sites is 5. The Morgan fingerprint density at radius 1 is 0.391 bits per heavy atom. The third-order valence-corrected chi connectivity index (χ3v) is 10.8. The van der Waals surface area contributed by atoms with E-state index in [2.05, 4.69) is 159 Å². The number of fused-ring (bicyclic) bond motifs is 14. The summed E-state index contributed by atoms with van der Waals surface area (Å²) in [5, 5.41) is 7.84. The molecule has 0 spiro atoms. The lowest BCUT2D eigenvalue weighted by atomic mass is 9.45. The van der Waals surface area contributed by atoms with Gasteiger partial charge in [-0.25, -0.2) is 0 Å². The summed E-state index contributed by atoms with van der Waals surface area (Å²) in [6.45, 7) is 0.0829. The number of hydrogen-bond donors (Lipinski definition) is 0. The SMILES string of the molecule is c1ccc(-n2c3ccccc3c3ccc4c(c5cccc6c5n4-c4cccc5c4B6n4c6ccccc6c6cccc-5c64)c32)cc1. The maximum Gasteiger partial charge on any atom is 0.333 e. The van der Waals surface area contributed by atoms with Crippen molar-refractivity contribution < 1.29 is 0 Å². The van der Waals surface area contributed by atoms with Crippen LogP contribution in [-0.4, -0.2) is 20.5 Å². The van der Waals surface area contributed by atoms with Crippen LogP contribution in [0, 0.1) is 0 Å². The van der Waals surface area contributed by atoms with E-state index in [1.807, 2.05) is 0 Å². The Morgan fingerprint density at radius 3 is 1.96 bits per heavy atom. The standard InChI is InChI=1S/C42H24BN3/c1-2-11-25(12-3-1)44-34-20-6-4-13-26(34)31-23-24-36-38(42(31)44)32-18-9-19-33-41(32)45(36)37-22-10-15-28-30-17-8-16-29-27-14-5-7-21-35(27)46(40(29)30)43(33)39(28)37/h1-24H. The molecule has 2 aliphatic rings. The second-order valence-corrected chi connectivity index (χ2v) is 12.9. The highest BCUT2D eigenvalue weighted by atomic mass is 15.0. The summed E-state index contributed by atoms with van der Waals surface area (Å²) in [6.07, 6.45) is 0. The van der Waals surface area contributed by atoms with Gasteiger partial charge in [-0.1, -0.05) is 109 Å².